The molecule has 0 spiro atoms. The van der Waals surface area contributed by atoms with Crippen LogP contribution >= 0.6 is 0 Å². The van der Waals surface area contributed by atoms with Crippen molar-refractivity contribution in [2.24, 2.45) is 0 Å². The van der Waals surface area contributed by atoms with Gasteiger partial charge in [-0.2, -0.15) is 0 Å². The molecule has 12 heavy (non-hydrogen) atoms. The monoisotopic (exact) mass is 170 g/mol. The molecule has 0 unspecified atom stereocenters. The van der Waals surface area contributed by atoms with Gasteiger partial charge >= 0.3 is 0 Å². The molecule has 0 radical (unpaired) electrons. The molecule has 62 valence electrons. The molecule has 0 aromatic carbocycles. The molecule has 0 saturated heterocycles. The van der Waals surface area contributed by atoms with Crippen LogP contribution in [-0.4, -0.2) is 51.2 Å². The Morgan fingerprint density at radius 1 is 0.833 bits per heavy atom. The van der Waals surface area contributed by atoms with Gasteiger partial charge in [0.1, 0.15) is 0 Å². The van der Waals surface area contributed by atoms with Crippen molar-refractivity contribution in [3.05, 3.63) is 0 Å². The van der Waals surface area contributed by atoms with E-state index in [9.17, 15) is 0 Å². The zero-order chi connectivity index (χ0) is 8.55. The molecule has 10 nitrogen and oxygen atoms in total. The summed E-state index contributed by atoms with van der Waals surface area (Å²) >= 11 is 0. The number of nitrogens with zero attached hydrogens (tertiary/aromatic N) is 8. The summed E-state index contributed by atoms with van der Waals surface area (Å²) in [6.45, 7) is 0. The Balaban J connectivity index is 2.57. The van der Waals surface area contributed by atoms with Crippen molar-refractivity contribution >= 4 is 0 Å². The maximum Gasteiger partial charge on any atom is 0.264 e. The van der Waals surface area contributed by atoms with Crippen molar-refractivity contribution in [1.82, 2.24) is 40.7 Å². The van der Waals surface area contributed by atoms with Crippen molar-refractivity contribution < 1.29 is 10.4 Å². The summed E-state index contributed by atoms with van der Waals surface area (Å²) in [4.78, 5) is 0.691. The molecule has 2 aromatic rings. The topological polar surface area (TPSA) is 128 Å². The largest absolute Gasteiger partial charge is 0.409 e. The van der Waals surface area contributed by atoms with E-state index in [-0.39, 0.29) is 11.6 Å². The first kappa shape index (κ1) is 6.45. The zero-order valence-electron chi connectivity index (χ0n) is 5.47. The van der Waals surface area contributed by atoms with Gasteiger partial charge in [0.05, 0.1) is 0 Å². The van der Waals surface area contributed by atoms with Crippen LogP contribution < -0.4 is 0 Å². The van der Waals surface area contributed by atoms with Crippen LogP contribution in [0.1, 0.15) is 0 Å². The van der Waals surface area contributed by atoms with Crippen LogP contribution in [0.3, 0.4) is 0 Å². The Labute approximate surface area is 64.0 Å². The minimum atomic E-state index is -0.150. The van der Waals surface area contributed by atoms with Crippen LogP contribution in [0.2, 0.25) is 0 Å². The van der Waals surface area contributed by atoms with E-state index in [0.29, 0.717) is 9.69 Å². The van der Waals surface area contributed by atoms with Crippen molar-refractivity contribution in [3.8, 4) is 11.6 Å². The molecule has 10 heteroatoms. The van der Waals surface area contributed by atoms with Crippen LogP contribution in [-0.2, 0) is 0 Å². The van der Waals surface area contributed by atoms with Gasteiger partial charge in [-0.1, -0.05) is 9.69 Å². The van der Waals surface area contributed by atoms with E-state index in [2.05, 4.69) is 31.1 Å². The van der Waals surface area contributed by atoms with Gasteiger partial charge in [-0.3, -0.25) is 0 Å². The van der Waals surface area contributed by atoms with Gasteiger partial charge in [-0.15, -0.1) is 10.2 Å². The minimum Gasteiger partial charge on any atom is -0.409 e. The number of hydrogen-bond donors (Lipinski definition) is 2. The van der Waals surface area contributed by atoms with Crippen molar-refractivity contribution in [1.29, 1.82) is 0 Å². The molecule has 2 N–H and O–H groups in total. The summed E-state index contributed by atoms with van der Waals surface area (Å²) in [6.07, 6.45) is 0. The predicted octanol–water partition coefficient (Wildman–Crippen LogP) is -2.20. The average Bonchev–Trinajstić information content (AvgIpc) is 2.59. The van der Waals surface area contributed by atoms with Crippen LogP contribution in [0.15, 0.2) is 0 Å². The summed E-state index contributed by atoms with van der Waals surface area (Å²) in [5.74, 6) is -0.301. The predicted molar refractivity (Wildman–Crippen MR) is 29.0 cm³/mol. The summed E-state index contributed by atoms with van der Waals surface area (Å²) in [5.41, 5.74) is 0. The van der Waals surface area contributed by atoms with Gasteiger partial charge in [0.15, 0.2) is 0 Å². The summed E-state index contributed by atoms with van der Waals surface area (Å²) in [7, 11) is 0. The lowest BCUT2D eigenvalue weighted by molar-refractivity contribution is 0.131. The summed E-state index contributed by atoms with van der Waals surface area (Å²) < 4.78 is 0. The lowest BCUT2D eigenvalue weighted by atomic mass is 10.6. The highest BCUT2D eigenvalue weighted by Gasteiger charge is 2.15. The Kier molecular flexibility index (Phi) is 1.14. The highest BCUT2D eigenvalue weighted by molar-refractivity contribution is 5.39. The Hall–Kier alpha value is -2.26. The van der Waals surface area contributed by atoms with Crippen molar-refractivity contribution in [2.45, 2.75) is 0 Å². The maximum absolute atomic E-state index is 8.91. The molecule has 0 atom stereocenters. The molecule has 0 saturated carbocycles. The third-order valence-corrected chi connectivity index (χ3v) is 1.11. The Morgan fingerprint density at radius 3 is 1.50 bits per heavy atom. The van der Waals surface area contributed by atoms with Gasteiger partial charge in [0.2, 0.25) is 0 Å². The van der Waals surface area contributed by atoms with E-state index in [4.69, 9.17) is 10.4 Å². The molecular weight excluding hydrogens is 168 g/mol. The third-order valence-electron chi connectivity index (χ3n) is 1.11. The second kappa shape index (κ2) is 2.11. The zero-order valence-corrected chi connectivity index (χ0v) is 5.47. The first-order chi connectivity index (χ1) is 5.79. The molecule has 0 aliphatic carbocycles. The second-order valence-electron chi connectivity index (χ2n) is 1.78. The van der Waals surface area contributed by atoms with E-state index < -0.39 is 0 Å². The van der Waals surface area contributed by atoms with Crippen LogP contribution in [0.25, 0.3) is 11.6 Å². The van der Waals surface area contributed by atoms with Crippen LogP contribution in [0, 0.1) is 0 Å². The standard InChI is InChI=1S/C2H2N8O2/c11-9-1(3-5-7-9)2-4-6-8-10(2)12/h11-12H. The SMILES string of the molecule is On1nnnc1-c1nnnn1O. The highest BCUT2D eigenvalue weighted by atomic mass is 16.5. The molecule has 0 aliphatic heterocycles. The molecule has 0 amide bonds. The molecule has 0 bridgehead atoms. The Bertz CT molecular complexity index is 351. The molecule has 2 rings (SSSR count). The van der Waals surface area contributed by atoms with Crippen molar-refractivity contribution in [3.63, 3.8) is 0 Å². The van der Waals surface area contributed by atoms with E-state index in [1.165, 1.54) is 0 Å². The van der Waals surface area contributed by atoms with Crippen LogP contribution in [0.5, 0.6) is 0 Å². The normalized spacial score (nSPS) is 10.3. The van der Waals surface area contributed by atoms with Gasteiger partial charge < -0.3 is 10.4 Å². The molecule has 2 aromatic heterocycles. The highest BCUT2D eigenvalue weighted by Crippen LogP contribution is 2.06. The van der Waals surface area contributed by atoms with Gasteiger partial charge in [-0.25, -0.2) is 0 Å². The molecule has 0 aliphatic rings. The fourth-order valence-electron chi connectivity index (χ4n) is 0.634. The van der Waals surface area contributed by atoms with Crippen LogP contribution in [0.4, 0.5) is 0 Å². The van der Waals surface area contributed by atoms with Gasteiger partial charge in [-0.05, 0) is 20.9 Å². The Morgan fingerprint density at radius 2 is 1.25 bits per heavy atom. The fourth-order valence-corrected chi connectivity index (χ4v) is 0.634. The smallest absolute Gasteiger partial charge is 0.264 e. The van der Waals surface area contributed by atoms with Crippen molar-refractivity contribution in [2.75, 3.05) is 0 Å². The third kappa shape index (κ3) is 0.744. The lowest BCUT2D eigenvalue weighted by Crippen LogP contribution is -2.03. The molecule has 2 heterocycles. The quantitative estimate of drug-likeness (QED) is 0.461. The number of aromatic nitrogens is 8. The number of tetrazole rings is 2. The van der Waals surface area contributed by atoms with E-state index in [0.717, 1.165) is 0 Å². The van der Waals surface area contributed by atoms with E-state index >= 15 is 0 Å². The van der Waals surface area contributed by atoms with E-state index in [1.54, 1.807) is 0 Å². The fraction of sp³-hybridized carbons (Fsp3) is 0. The first-order valence-electron chi connectivity index (χ1n) is 2.74. The van der Waals surface area contributed by atoms with Gasteiger partial charge in [0.25, 0.3) is 11.6 Å². The van der Waals surface area contributed by atoms with E-state index in [1.807, 2.05) is 0 Å². The minimum absolute atomic E-state index is 0.150. The maximum atomic E-state index is 8.91. The number of hydrogen-bond acceptors (Lipinski definition) is 8. The summed E-state index contributed by atoms with van der Waals surface area (Å²) in [5, 5.41) is 36.9. The second-order valence-corrected chi connectivity index (χ2v) is 1.78. The molecular formula is C2H2N8O2. The summed E-state index contributed by atoms with van der Waals surface area (Å²) in [6, 6.07) is 0. The average molecular weight is 170 g/mol. The first-order valence-corrected chi connectivity index (χ1v) is 2.74. The van der Waals surface area contributed by atoms with Gasteiger partial charge in [0, 0.05) is 0 Å². The molecule has 0 fully saturated rings. The lowest BCUT2D eigenvalue weighted by Gasteiger charge is -1.91. The number of rotatable bonds is 1.